The normalized spacial score (nSPS) is 12.1. The van der Waals surface area contributed by atoms with Crippen molar-refractivity contribution in [3.63, 3.8) is 0 Å². The molecule has 0 aromatic rings. The summed E-state index contributed by atoms with van der Waals surface area (Å²) in [6.07, 6.45) is 0. The summed E-state index contributed by atoms with van der Waals surface area (Å²) in [7, 11) is -1.21. The van der Waals surface area contributed by atoms with Gasteiger partial charge >= 0.3 is 0 Å². The highest BCUT2D eigenvalue weighted by atomic mass is 31.1. The van der Waals surface area contributed by atoms with E-state index in [0.29, 0.717) is 6.54 Å². The van der Waals surface area contributed by atoms with E-state index in [1.54, 1.807) is 0 Å². The van der Waals surface area contributed by atoms with Crippen molar-refractivity contribution in [1.29, 1.82) is 0 Å². The predicted molar refractivity (Wildman–Crippen MR) is 35.8 cm³/mol. The van der Waals surface area contributed by atoms with Crippen molar-refractivity contribution in [3.05, 3.63) is 0 Å². The van der Waals surface area contributed by atoms with Crippen molar-refractivity contribution in [2.75, 3.05) is 13.1 Å². The zero-order chi connectivity index (χ0) is 6.41. The molecule has 0 aromatic carbocycles. The smallest absolute Gasteiger partial charge is 0.156 e. The summed E-state index contributed by atoms with van der Waals surface area (Å²) in [5.41, 5.74) is 0. The first kappa shape index (κ1) is 8.02. The van der Waals surface area contributed by atoms with Crippen molar-refractivity contribution in [2.24, 2.45) is 4.74 Å². The Morgan fingerprint density at radius 3 is 2.62 bits per heavy atom. The fraction of sp³-hybridized carbons (Fsp3) is 1.00. The van der Waals surface area contributed by atoms with E-state index >= 15 is 0 Å². The van der Waals surface area contributed by atoms with E-state index in [9.17, 15) is 0 Å². The second kappa shape index (κ2) is 5.16. The lowest BCUT2D eigenvalue weighted by Crippen LogP contribution is -1.99. The molecule has 0 saturated carbocycles. The molecule has 0 amide bonds. The van der Waals surface area contributed by atoms with Gasteiger partial charge in [-0.15, -0.1) is 0 Å². The van der Waals surface area contributed by atoms with Gasteiger partial charge in [-0.05, 0) is 6.92 Å². The Morgan fingerprint density at radius 2 is 2.25 bits per heavy atom. The zero-order valence-corrected chi connectivity index (χ0v) is 6.15. The fourth-order valence-electron chi connectivity index (χ4n) is 0.325. The zero-order valence-electron chi connectivity index (χ0n) is 5.26. The Bertz CT molecular complexity index is 84.1. The van der Waals surface area contributed by atoms with Crippen LogP contribution in [0.3, 0.4) is 0 Å². The molecule has 3 nitrogen and oxygen atoms in total. The summed E-state index contributed by atoms with van der Waals surface area (Å²) >= 11 is 0. The van der Waals surface area contributed by atoms with Crippen molar-refractivity contribution in [1.82, 2.24) is 5.09 Å². The Morgan fingerprint density at radius 1 is 1.62 bits per heavy atom. The molecule has 1 atom stereocenters. The molecular weight excluding hydrogens is 123 g/mol. The lowest BCUT2D eigenvalue weighted by atomic mass is 10.8. The summed E-state index contributed by atoms with van der Waals surface area (Å²) in [6.45, 7) is 5.32. The molecule has 0 rings (SSSR count). The molecule has 0 spiro atoms. The van der Waals surface area contributed by atoms with Crippen LogP contribution >= 0.6 is 8.09 Å². The molecule has 0 aliphatic carbocycles. The van der Waals surface area contributed by atoms with E-state index in [-0.39, 0.29) is 0 Å². The molecule has 1 unspecified atom stereocenters. The van der Waals surface area contributed by atoms with Crippen LogP contribution in [0.15, 0.2) is 4.74 Å². The van der Waals surface area contributed by atoms with Crippen molar-refractivity contribution < 1.29 is 4.89 Å². The minimum atomic E-state index is -1.21. The Labute approximate surface area is 50.7 Å². The van der Waals surface area contributed by atoms with Crippen LogP contribution in [-0.2, 0) is 0 Å². The first-order valence-corrected chi connectivity index (χ1v) is 3.95. The first-order valence-electron chi connectivity index (χ1n) is 2.71. The molecular formula is C4H12N2OP. The van der Waals surface area contributed by atoms with Crippen molar-refractivity contribution in [3.8, 4) is 0 Å². The minimum Gasteiger partial charge on any atom is -0.324 e. The second-order valence-electron chi connectivity index (χ2n) is 1.26. The summed E-state index contributed by atoms with van der Waals surface area (Å²) < 4.78 is 3.82. The van der Waals surface area contributed by atoms with E-state index in [2.05, 4.69) is 9.83 Å². The molecule has 1 radical (unpaired) electrons. The van der Waals surface area contributed by atoms with Gasteiger partial charge in [-0.25, -0.2) is 9.83 Å². The molecule has 0 aliphatic rings. The van der Waals surface area contributed by atoms with E-state index in [0.717, 1.165) is 6.54 Å². The molecule has 4 heteroatoms. The maximum atomic E-state index is 8.84. The number of hydrogen-bond donors (Lipinski definition) is 2. The highest BCUT2D eigenvalue weighted by molar-refractivity contribution is 7.38. The van der Waals surface area contributed by atoms with Crippen molar-refractivity contribution >= 4 is 8.09 Å². The van der Waals surface area contributed by atoms with Crippen LogP contribution in [0.25, 0.3) is 0 Å². The van der Waals surface area contributed by atoms with Gasteiger partial charge in [0.2, 0.25) is 0 Å². The van der Waals surface area contributed by atoms with Gasteiger partial charge in [0, 0.05) is 13.1 Å². The van der Waals surface area contributed by atoms with E-state index in [1.165, 1.54) is 0 Å². The number of hydrogen-bond acceptors (Lipinski definition) is 1. The van der Waals surface area contributed by atoms with Gasteiger partial charge in [-0.3, -0.25) is 0 Å². The quantitative estimate of drug-likeness (QED) is 0.569. The van der Waals surface area contributed by atoms with Gasteiger partial charge in [0.25, 0.3) is 0 Å². The molecule has 0 fully saturated rings. The average molecular weight is 135 g/mol. The maximum absolute atomic E-state index is 8.84. The lowest BCUT2D eigenvalue weighted by molar-refractivity contribution is 0.617. The SMILES string of the molecule is CC/N=[P](\O)NCC. The van der Waals surface area contributed by atoms with Crippen molar-refractivity contribution in [2.45, 2.75) is 13.8 Å². The molecule has 0 aromatic heterocycles. The summed E-state index contributed by atoms with van der Waals surface area (Å²) in [4.78, 5) is 8.84. The summed E-state index contributed by atoms with van der Waals surface area (Å²) in [5.74, 6) is 0. The molecule has 0 aliphatic heterocycles. The molecule has 49 valence electrons. The summed E-state index contributed by atoms with van der Waals surface area (Å²) in [6, 6.07) is 0. The van der Waals surface area contributed by atoms with Crippen LogP contribution < -0.4 is 5.09 Å². The van der Waals surface area contributed by atoms with Crippen LogP contribution in [0, 0.1) is 0 Å². The second-order valence-corrected chi connectivity index (χ2v) is 2.44. The third-order valence-electron chi connectivity index (χ3n) is 0.575. The predicted octanol–water partition coefficient (Wildman–Crippen LogP) is 1.10. The van der Waals surface area contributed by atoms with Gasteiger partial charge in [-0.2, -0.15) is 0 Å². The first-order chi connectivity index (χ1) is 3.81. The third-order valence-corrected chi connectivity index (χ3v) is 1.72. The molecule has 0 bridgehead atoms. The molecule has 0 heterocycles. The lowest BCUT2D eigenvalue weighted by Gasteiger charge is -1.95. The minimum absolute atomic E-state index is 0.690. The van der Waals surface area contributed by atoms with Gasteiger partial charge in [0.15, 0.2) is 8.09 Å². The van der Waals surface area contributed by atoms with Gasteiger partial charge in [0.05, 0.1) is 0 Å². The molecule has 0 saturated heterocycles. The number of rotatable bonds is 3. The van der Waals surface area contributed by atoms with Crippen LogP contribution in [0.1, 0.15) is 13.8 Å². The number of nitrogens with zero attached hydrogens (tertiary/aromatic N) is 1. The monoisotopic (exact) mass is 135 g/mol. The van der Waals surface area contributed by atoms with Crippen LogP contribution in [0.4, 0.5) is 0 Å². The maximum Gasteiger partial charge on any atom is 0.156 e. The van der Waals surface area contributed by atoms with Gasteiger partial charge in [-0.1, -0.05) is 6.92 Å². The Kier molecular flexibility index (Phi) is 5.18. The average Bonchev–Trinajstić information content (AvgIpc) is 1.68. The van der Waals surface area contributed by atoms with Crippen LogP contribution in [0.2, 0.25) is 0 Å². The topological polar surface area (TPSA) is 44.6 Å². The Balaban J connectivity index is 3.29. The van der Waals surface area contributed by atoms with Gasteiger partial charge < -0.3 is 4.89 Å². The van der Waals surface area contributed by atoms with E-state index < -0.39 is 8.09 Å². The standard InChI is InChI=1S/C4H12N2OP/c1-3-5-8(7)6-4-2/h3-4H2,1-2H3,(H2,5,6,7). The Hall–Kier alpha value is 0.0200. The van der Waals surface area contributed by atoms with E-state index in [4.69, 9.17) is 4.89 Å². The largest absolute Gasteiger partial charge is 0.324 e. The number of nitrogens with one attached hydrogen (secondary N) is 1. The van der Waals surface area contributed by atoms with Crippen LogP contribution in [-0.4, -0.2) is 18.0 Å². The highest BCUT2D eigenvalue weighted by Gasteiger charge is 1.82. The summed E-state index contributed by atoms with van der Waals surface area (Å²) in [5, 5.41) is 2.80. The van der Waals surface area contributed by atoms with E-state index in [1.807, 2.05) is 13.8 Å². The van der Waals surface area contributed by atoms with Crippen LogP contribution in [0.5, 0.6) is 0 Å². The molecule has 2 N–H and O–H groups in total. The molecule has 8 heavy (non-hydrogen) atoms. The fourth-order valence-corrected chi connectivity index (χ4v) is 0.976. The third kappa shape index (κ3) is 4.19. The highest BCUT2D eigenvalue weighted by Crippen LogP contribution is 2.10. The van der Waals surface area contributed by atoms with Gasteiger partial charge in [0.1, 0.15) is 0 Å².